The van der Waals surface area contributed by atoms with E-state index in [9.17, 15) is 35.1 Å². The molecule has 3 aliphatic heterocycles. The lowest BCUT2D eigenvalue weighted by molar-refractivity contribution is -0.256. The van der Waals surface area contributed by atoms with Crippen LogP contribution >= 0.6 is 0 Å². The summed E-state index contributed by atoms with van der Waals surface area (Å²) in [5.74, 6) is 3.60. The van der Waals surface area contributed by atoms with Crippen molar-refractivity contribution in [1.29, 1.82) is 0 Å². The van der Waals surface area contributed by atoms with Crippen molar-refractivity contribution in [2.75, 3.05) is 11.9 Å². The first kappa shape index (κ1) is 47.1. The van der Waals surface area contributed by atoms with Crippen molar-refractivity contribution in [2.45, 2.75) is 152 Å². The zero-order valence-corrected chi connectivity index (χ0v) is 40.2. The van der Waals surface area contributed by atoms with Crippen molar-refractivity contribution in [3.05, 3.63) is 111 Å². The summed E-state index contributed by atoms with van der Waals surface area (Å²) in [5, 5.41) is 63.3. The number of anilines is 1. The molecular formula is C59H67NO10. The molecule has 11 rings (SSSR count). The Hall–Kier alpha value is -5.25. The van der Waals surface area contributed by atoms with E-state index >= 15 is 4.79 Å². The van der Waals surface area contributed by atoms with Gasteiger partial charge in [0.1, 0.15) is 29.0 Å². The van der Waals surface area contributed by atoms with Gasteiger partial charge in [-0.1, -0.05) is 73.6 Å². The van der Waals surface area contributed by atoms with Gasteiger partial charge in [0.15, 0.2) is 0 Å². The molecule has 11 nitrogen and oxygen atoms in total. The molecule has 3 heterocycles. The van der Waals surface area contributed by atoms with Crippen molar-refractivity contribution in [3.8, 4) is 23.3 Å². The van der Waals surface area contributed by atoms with Gasteiger partial charge in [0.25, 0.3) is 0 Å². The summed E-state index contributed by atoms with van der Waals surface area (Å²) in [6.07, 6.45) is 11.7. The number of hydrogen-bond acceptors (Lipinski definition) is 11. The molecule has 0 amide bonds. The number of aromatic hydroxyl groups is 1. The minimum Gasteiger partial charge on any atom is -0.507 e. The molecule has 0 spiro atoms. The Bertz CT molecular complexity index is 2690. The monoisotopic (exact) mass is 949 g/mol. The maximum Gasteiger partial charge on any atom is 0.334 e. The fraction of sp³-hybridized carbons (Fsp3) is 0.542. The molecule has 0 aromatic heterocycles. The minimum absolute atomic E-state index is 0.00970. The number of aliphatic hydroxyl groups is 4. The van der Waals surface area contributed by atoms with Crippen LogP contribution in [0.15, 0.2) is 72.3 Å². The molecule has 368 valence electrons. The summed E-state index contributed by atoms with van der Waals surface area (Å²) < 4.78 is 13.2. The molecule has 11 heteroatoms. The fourth-order valence-electron chi connectivity index (χ4n) is 14.9. The van der Waals surface area contributed by atoms with Gasteiger partial charge in [-0.15, -0.1) is 0 Å². The number of fused-ring (bicyclic) bond motifs is 10. The van der Waals surface area contributed by atoms with E-state index in [0.717, 1.165) is 62.5 Å². The number of Topliss-reactive ketones (excluding diaryl/α,β-unsaturated/α-hetero) is 1. The second kappa shape index (κ2) is 19.1. The second-order valence-electron chi connectivity index (χ2n) is 22.2. The Morgan fingerprint density at radius 2 is 1.69 bits per heavy atom. The standard InChI is InChI=1S/C59H67NO10/c1-32(62)30-60-43-20-35(31-61)19-40(24-43)37-14-15-38-29-52(65)70-57-47(38)26-41(56(66)53(57)36-10-3-2-4-11-36)28-51-59(68)49-13-6-5-12-45(49)46-17-16-39-27-50(64)48(54(46)55(39)59)22-34-9-7-8-33(18-34)21-44(63)25-42(23-37)58(67)69-51/h5,7-9,12,18-20,24-26,32,36-39,44-46,48-49,51,54-55,60-63,66,68H,2-4,6,10-11,13,16-17,21-23,27-31H2,1H3/b42-25-/t32-,37+,38-,39+,44+,45-,46+,48-,49-,51+,54-,55+,59+/m0/s1. The molecule has 0 radical (unpaired) electrons. The number of nitrogens with one attached hydrogen (secondary N) is 1. The number of allylic oxidation sites excluding steroid dienone is 2. The minimum atomic E-state index is -1.63. The summed E-state index contributed by atoms with van der Waals surface area (Å²) >= 11 is 0. The summed E-state index contributed by atoms with van der Waals surface area (Å²) in [5.41, 5.74) is 4.02. The number of benzene rings is 3. The van der Waals surface area contributed by atoms with Gasteiger partial charge in [-0.3, -0.25) is 9.59 Å². The van der Waals surface area contributed by atoms with Gasteiger partial charge in [-0.2, -0.15) is 0 Å². The maximum absolute atomic E-state index is 15.7. The fourth-order valence-corrected chi connectivity index (χ4v) is 14.9. The highest BCUT2D eigenvalue weighted by atomic mass is 16.6. The van der Waals surface area contributed by atoms with Crippen LogP contribution in [-0.4, -0.2) is 73.7 Å². The van der Waals surface area contributed by atoms with Crippen LogP contribution in [0.25, 0.3) is 0 Å². The van der Waals surface area contributed by atoms with Gasteiger partial charge < -0.3 is 40.3 Å². The van der Waals surface area contributed by atoms with Crippen LogP contribution in [0.2, 0.25) is 0 Å². The van der Waals surface area contributed by atoms with Gasteiger partial charge in [0.2, 0.25) is 0 Å². The van der Waals surface area contributed by atoms with Crippen molar-refractivity contribution >= 4 is 23.4 Å². The van der Waals surface area contributed by atoms with E-state index in [2.05, 4.69) is 41.4 Å². The van der Waals surface area contributed by atoms with E-state index in [0.29, 0.717) is 58.5 Å². The zero-order valence-electron chi connectivity index (χ0n) is 40.2. The number of phenolic OH excluding ortho intramolecular Hbond substituents is 1. The lowest BCUT2D eigenvalue weighted by Crippen LogP contribution is -2.71. The summed E-state index contributed by atoms with van der Waals surface area (Å²) in [6.45, 7) is 1.64. The number of phenols is 1. The number of rotatable bonds is 6. The number of esters is 2. The predicted octanol–water partition coefficient (Wildman–Crippen LogP) is 8.02. The molecule has 4 fully saturated rings. The molecule has 6 N–H and O–H groups in total. The first-order valence-corrected chi connectivity index (χ1v) is 26.2. The van der Waals surface area contributed by atoms with Gasteiger partial charge in [-0.05, 0) is 152 Å². The zero-order chi connectivity index (χ0) is 48.4. The third kappa shape index (κ3) is 8.61. The normalized spacial score (nSPS) is 34.8. The Morgan fingerprint density at radius 3 is 2.49 bits per heavy atom. The smallest absolute Gasteiger partial charge is 0.334 e. The molecular weight excluding hydrogens is 883 g/mol. The third-order valence-corrected chi connectivity index (χ3v) is 17.9. The van der Waals surface area contributed by atoms with Crippen molar-refractivity contribution in [1.82, 2.24) is 0 Å². The molecule has 0 unspecified atom stereocenters. The average Bonchev–Trinajstić information content (AvgIpc) is 3.35. The van der Waals surface area contributed by atoms with Crippen LogP contribution in [0.1, 0.15) is 141 Å². The summed E-state index contributed by atoms with van der Waals surface area (Å²) in [6, 6.07) is 15.4. The van der Waals surface area contributed by atoms with Gasteiger partial charge in [0.05, 0.1) is 31.2 Å². The molecule has 5 aliphatic carbocycles. The Balaban J connectivity index is 1.16. The topological polar surface area (TPSA) is 183 Å². The lowest BCUT2D eigenvalue weighted by atomic mass is 9.40. The molecule has 12 bridgehead atoms. The van der Waals surface area contributed by atoms with E-state index < -0.39 is 47.7 Å². The van der Waals surface area contributed by atoms with Crippen LogP contribution in [-0.2, 0) is 45.0 Å². The molecule has 3 aromatic carbocycles. The van der Waals surface area contributed by atoms with Gasteiger partial charge >= 0.3 is 11.9 Å². The molecule has 8 aliphatic rings. The highest BCUT2D eigenvalue weighted by molar-refractivity contribution is 5.89. The first-order chi connectivity index (χ1) is 33.9. The Labute approximate surface area is 410 Å². The van der Waals surface area contributed by atoms with E-state index in [1.807, 2.05) is 30.3 Å². The summed E-state index contributed by atoms with van der Waals surface area (Å²) in [7, 11) is 0. The largest absolute Gasteiger partial charge is 0.507 e. The average molecular weight is 950 g/mol. The van der Waals surface area contributed by atoms with Crippen LogP contribution < -0.4 is 10.1 Å². The molecule has 3 aromatic rings. The van der Waals surface area contributed by atoms with Crippen molar-refractivity contribution in [2.24, 2.45) is 41.4 Å². The van der Waals surface area contributed by atoms with Crippen LogP contribution in [0, 0.1) is 53.3 Å². The number of hydrogen-bond donors (Lipinski definition) is 6. The van der Waals surface area contributed by atoms with Gasteiger partial charge in [-0.25, -0.2) is 4.79 Å². The Kier molecular flexibility index (Phi) is 12.8. The number of ether oxygens (including phenoxy) is 2. The summed E-state index contributed by atoms with van der Waals surface area (Å²) in [4.78, 5) is 44.0. The Morgan fingerprint density at radius 1 is 0.886 bits per heavy atom. The van der Waals surface area contributed by atoms with Crippen LogP contribution in [0.5, 0.6) is 11.5 Å². The van der Waals surface area contributed by atoms with E-state index in [1.165, 1.54) is 0 Å². The van der Waals surface area contributed by atoms with Crippen molar-refractivity contribution < 1.29 is 49.4 Å². The molecule has 70 heavy (non-hydrogen) atoms. The van der Waals surface area contributed by atoms with Crippen molar-refractivity contribution in [3.63, 3.8) is 0 Å². The lowest BCUT2D eigenvalue weighted by Gasteiger charge is -2.66. The number of carbonyl (C=O) groups is 3. The molecule has 4 saturated carbocycles. The van der Waals surface area contributed by atoms with E-state index in [1.54, 1.807) is 19.1 Å². The second-order valence-corrected chi connectivity index (χ2v) is 22.2. The molecule has 0 saturated heterocycles. The number of aliphatic hydroxyl groups excluding tert-OH is 3. The van der Waals surface area contributed by atoms with E-state index in [-0.39, 0.29) is 103 Å². The first-order valence-electron chi connectivity index (χ1n) is 26.2. The number of ketones is 1. The third-order valence-electron chi connectivity index (χ3n) is 17.9. The SMILES string of the molecule is C[C@H](O)CNc1cc(CO)cc([C@@H]2C#C[C@H]3CC(=O)Oc4c3cc(c(O)c4C3CCCCC3)C[C@H]3OC(=O)/C(=C\[C@H](O)Cc4cccc(c4)C[C@H]4C(=O)C[C@H]5CC[C@@H]6[C@@H]7C=CCC[C@@H]7[C@]3(O)[C@H]5[C@@H]64)C2)c1. The van der Waals surface area contributed by atoms with E-state index in [4.69, 9.17) is 9.47 Å². The maximum atomic E-state index is 15.7. The predicted molar refractivity (Wildman–Crippen MR) is 263 cm³/mol. The molecule has 13 atom stereocenters. The van der Waals surface area contributed by atoms with Gasteiger partial charge in [0, 0.05) is 60.0 Å². The highest BCUT2D eigenvalue weighted by Crippen LogP contribution is 2.65. The van der Waals surface area contributed by atoms with Crippen LogP contribution in [0.4, 0.5) is 5.69 Å². The number of carbonyl (C=O) groups excluding carboxylic acids is 3. The highest BCUT2D eigenvalue weighted by Gasteiger charge is 2.68. The van der Waals surface area contributed by atoms with Crippen LogP contribution in [0.3, 0.4) is 0 Å². The quantitative estimate of drug-likeness (QED) is 0.0609.